The molecule has 3 N–H and O–H groups in total. The van der Waals surface area contributed by atoms with Gasteiger partial charge in [-0.05, 0) is 37.1 Å². The van der Waals surface area contributed by atoms with E-state index in [0.29, 0.717) is 5.69 Å². The molecular formula is C14H21N3O. The second-order valence-corrected chi connectivity index (χ2v) is 4.81. The van der Waals surface area contributed by atoms with Gasteiger partial charge in [-0.25, -0.2) is 4.79 Å². The minimum absolute atomic E-state index is 0.00155. The summed E-state index contributed by atoms with van der Waals surface area (Å²) in [6.45, 7) is 1.72. The molecule has 18 heavy (non-hydrogen) atoms. The lowest BCUT2D eigenvalue weighted by Crippen LogP contribution is -2.37. The molecule has 0 spiro atoms. The van der Waals surface area contributed by atoms with Crippen molar-refractivity contribution in [1.29, 1.82) is 0 Å². The van der Waals surface area contributed by atoms with Gasteiger partial charge < -0.3 is 16.0 Å². The van der Waals surface area contributed by atoms with Crippen LogP contribution in [-0.4, -0.2) is 24.0 Å². The smallest absolute Gasteiger partial charge is 0.321 e. The Kier molecular flexibility index (Phi) is 4.45. The van der Waals surface area contributed by atoms with Gasteiger partial charge in [0.1, 0.15) is 0 Å². The zero-order valence-corrected chi connectivity index (χ0v) is 10.7. The van der Waals surface area contributed by atoms with Crippen LogP contribution in [0.25, 0.3) is 0 Å². The Labute approximate surface area is 108 Å². The summed E-state index contributed by atoms with van der Waals surface area (Å²) in [5.74, 6) is 0. The van der Waals surface area contributed by atoms with Crippen LogP contribution in [0.2, 0.25) is 0 Å². The number of hydrogen-bond donors (Lipinski definition) is 2. The highest BCUT2D eigenvalue weighted by atomic mass is 16.2. The van der Waals surface area contributed by atoms with Gasteiger partial charge in [0.15, 0.2) is 0 Å². The van der Waals surface area contributed by atoms with Gasteiger partial charge in [0.25, 0.3) is 0 Å². The molecule has 0 bridgehead atoms. The average molecular weight is 247 g/mol. The van der Waals surface area contributed by atoms with E-state index in [1.807, 2.05) is 17.0 Å². The van der Waals surface area contributed by atoms with Gasteiger partial charge in [0.2, 0.25) is 0 Å². The fourth-order valence-corrected chi connectivity index (χ4v) is 2.22. The van der Waals surface area contributed by atoms with Crippen LogP contribution in [0.15, 0.2) is 24.3 Å². The van der Waals surface area contributed by atoms with E-state index in [1.54, 1.807) is 12.1 Å². The van der Waals surface area contributed by atoms with Crippen molar-refractivity contribution in [2.45, 2.75) is 32.1 Å². The van der Waals surface area contributed by atoms with E-state index in [4.69, 9.17) is 5.73 Å². The van der Waals surface area contributed by atoms with E-state index in [-0.39, 0.29) is 6.03 Å². The Hall–Kier alpha value is -1.71. The predicted molar refractivity (Wildman–Crippen MR) is 74.5 cm³/mol. The SMILES string of the molecule is Nc1ccc(NC(=O)N2CCCCCCC2)cc1. The summed E-state index contributed by atoms with van der Waals surface area (Å²) < 4.78 is 0. The molecule has 0 atom stereocenters. The Balaban J connectivity index is 1.91. The number of anilines is 2. The van der Waals surface area contributed by atoms with Gasteiger partial charge >= 0.3 is 6.03 Å². The van der Waals surface area contributed by atoms with E-state index in [2.05, 4.69) is 5.32 Å². The molecule has 0 aromatic heterocycles. The second kappa shape index (κ2) is 6.28. The molecule has 1 aliphatic heterocycles. The standard InChI is InChI=1S/C14H21N3O/c15-12-6-8-13(9-7-12)16-14(18)17-10-4-2-1-3-5-11-17/h6-9H,1-5,10-11,15H2,(H,16,18). The number of rotatable bonds is 1. The molecule has 1 saturated heterocycles. The molecule has 0 saturated carbocycles. The molecule has 1 heterocycles. The van der Waals surface area contributed by atoms with Crippen LogP contribution in [0.3, 0.4) is 0 Å². The topological polar surface area (TPSA) is 58.4 Å². The molecule has 1 aromatic rings. The first-order valence-corrected chi connectivity index (χ1v) is 6.67. The van der Waals surface area contributed by atoms with E-state index in [9.17, 15) is 4.79 Å². The van der Waals surface area contributed by atoms with Gasteiger partial charge in [0, 0.05) is 24.5 Å². The maximum absolute atomic E-state index is 12.1. The number of carbonyl (C=O) groups is 1. The largest absolute Gasteiger partial charge is 0.399 e. The zero-order chi connectivity index (χ0) is 12.8. The number of benzene rings is 1. The summed E-state index contributed by atoms with van der Waals surface area (Å²) in [5, 5.41) is 2.92. The van der Waals surface area contributed by atoms with Crippen LogP contribution in [0, 0.1) is 0 Å². The highest BCUT2D eigenvalue weighted by Crippen LogP contribution is 2.14. The first kappa shape index (κ1) is 12.7. The summed E-state index contributed by atoms with van der Waals surface area (Å²) in [4.78, 5) is 14.0. The predicted octanol–water partition coefficient (Wildman–Crippen LogP) is 3.07. The zero-order valence-electron chi connectivity index (χ0n) is 10.7. The first-order valence-electron chi connectivity index (χ1n) is 6.67. The van der Waals surface area contributed by atoms with Crippen molar-refractivity contribution in [1.82, 2.24) is 4.90 Å². The molecular weight excluding hydrogens is 226 g/mol. The summed E-state index contributed by atoms with van der Waals surface area (Å²) in [6.07, 6.45) is 5.97. The molecule has 0 radical (unpaired) electrons. The first-order chi connectivity index (χ1) is 8.75. The maximum Gasteiger partial charge on any atom is 0.321 e. The molecule has 1 aliphatic rings. The van der Waals surface area contributed by atoms with Gasteiger partial charge in [-0.3, -0.25) is 0 Å². The molecule has 1 fully saturated rings. The van der Waals surface area contributed by atoms with Gasteiger partial charge in [-0.1, -0.05) is 19.3 Å². The van der Waals surface area contributed by atoms with Crippen LogP contribution in [0.4, 0.5) is 16.2 Å². The lowest BCUT2D eigenvalue weighted by atomic mass is 10.1. The molecule has 0 unspecified atom stereocenters. The maximum atomic E-state index is 12.1. The average Bonchev–Trinajstić information content (AvgIpc) is 2.31. The third-order valence-corrected chi connectivity index (χ3v) is 3.31. The molecule has 2 rings (SSSR count). The highest BCUT2D eigenvalue weighted by Gasteiger charge is 2.14. The fraction of sp³-hybridized carbons (Fsp3) is 0.500. The third kappa shape index (κ3) is 3.65. The van der Waals surface area contributed by atoms with Crippen LogP contribution in [0.1, 0.15) is 32.1 Å². The minimum Gasteiger partial charge on any atom is -0.399 e. The molecule has 2 amide bonds. The summed E-state index contributed by atoms with van der Waals surface area (Å²) in [5.41, 5.74) is 7.12. The molecule has 4 heteroatoms. The highest BCUT2D eigenvalue weighted by molar-refractivity contribution is 5.89. The van der Waals surface area contributed by atoms with Crippen molar-refractivity contribution >= 4 is 17.4 Å². The fourth-order valence-electron chi connectivity index (χ4n) is 2.22. The monoisotopic (exact) mass is 247 g/mol. The van der Waals surface area contributed by atoms with Crippen molar-refractivity contribution in [3.05, 3.63) is 24.3 Å². The number of carbonyl (C=O) groups excluding carboxylic acids is 1. The van der Waals surface area contributed by atoms with Crippen LogP contribution >= 0.6 is 0 Å². The number of nitrogens with zero attached hydrogens (tertiary/aromatic N) is 1. The molecule has 0 aliphatic carbocycles. The summed E-state index contributed by atoms with van der Waals surface area (Å²) >= 11 is 0. The van der Waals surface area contributed by atoms with Gasteiger partial charge in [0.05, 0.1) is 0 Å². The van der Waals surface area contributed by atoms with Crippen molar-refractivity contribution in [2.75, 3.05) is 24.1 Å². The molecule has 98 valence electrons. The van der Waals surface area contributed by atoms with Crippen molar-refractivity contribution in [3.63, 3.8) is 0 Å². The van der Waals surface area contributed by atoms with Crippen LogP contribution in [0.5, 0.6) is 0 Å². The van der Waals surface area contributed by atoms with E-state index >= 15 is 0 Å². The Morgan fingerprint density at radius 2 is 1.56 bits per heavy atom. The number of hydrogen-bond acceptors (Lipinski definition) is 2. The molecule has 1 aromatic carbocycles. The van der Waals surface area contributed by atoms with Crippen LogP contribution in [-0.2, 0) is 0 Å². The lowest BCUT2D eigenvalue weighted by molar-refractivity contribution is 0.206. The Morgan fingerprint density at radius 1 is 1.00 bits per heavy atom. The number of nitrogens with two attached hydrogens (primary N) is 1. The lowest BCUT2D eigenvalue weighted by Gasteiger charge is -2.25. The minimum atomic E-state index is 0.00155. The number of urea groups is 1. The second-order valence-electron chi connectivity index (χ2n) is 4.81. The van der Waals surface area contributed by atoms with E-state index in [0.717, 1.165) is 31.6 Å². The molecule has 4 nitrogen and oxygen atoms in total. The normalized spacial score (nSPS) is 16.8. The van der Waals surface area contributed by atoms with Gasteiger partial charge in [-0.2, -0.15) is 0 Å². The van der Waals surface area contributed by atoms with Crippen molar-refractivity contribution in [2.24, 2.45) is 0 Å². The summed E-state index contributed by atoms with van der Waals surface area (Å²) in [6, 6.07) is 7.25. The number of nitrogen functional groups attached to an aromatic ring is 1. The quantitative estimate of drug-likeness (QED) is 0.749. The number of likely N-dealkylation sites (tertiary alicyclic amines) is 1. The summed E-state index contributed by atoms with van der Waals surface area (Å²) in [7, 11) is 0. The Bertz CT molecular complexity index is 381. The third-order valence-electron chi connectivity index (χ3n) is 3.31. The van der Waals surface area contributed by atoms with E-state index < -0.39 is 0 Å². The van der Waals surface area contributed by atoms with Crippen LogP contribution < -0.4 is 11.1 Å². The number of nitrogens with one attached hydrogen (secondary N) is 1. The number of amides is 2. The van der Waals surface area contributed by atoms with Crippen molar-refractivity contribution < 1.29 is 4.79 Å². The Morgan fingerprint density at radius 3 is 2.17 bits per heavy atom. The van der Waals surface area contributed by atoms with E-state index in [1.165, 1.54) is 19.3 Å². The van der Waals surface area contributed by atoms with Crippen molar-refractivity contribution in [3.8, 4) is 0 Å². The van der Waals surface area contributed by atoms with Gasteiger partial charge in [-0.15, -0.1) is 0 Å².